The maximum Gasteiger partial charge on any atom is 0.433 e. The monoisotopic (exact) mass is 248 g/mol. The first-order chi connectivity index (χ1) is 7.93. The minimum Gasteiger partial charge on any atom is -0.396 e. The van der Waals surface area contributed by atoms with E-state index in [1.54, 1.807) is 0 Å². The Morgan fingerprint density at radius 1 is 1.41 bits per heavy atom. The first-order valence-corrected chi connectivity index (χ1v) is 5.32. The SMILES string of the molecule is CC(CCO)CNc1cccc(C(F)(F)F)n1. The molecular weight excluding hydrogens is 233 g/mol. The van der Waals surface area contributed by atoms with Crippen molar-refractivity contribution in [2.75, 3.05) is 18.5 Å². The van der Waals surface area contributed by atoms with Gasteiger partial charge in [-0.25, -0.2) is 4.98 Å². The van der Waals surface area contributed by atoms with Gasteiger partial charge in [-0.05, 0) is 24.5 Å². The van der Waals surface area contributed by atoms with Gasteiger partial charge in [0.1, 0.15) is 11.5 Å². The predicted molar refractivity (Wildman–Crippen MR) is 58.6 cm³/mol. The molecule has 0 aliphatic carbocycles. The minimum absolute atomic E-state index is 0.0683. The van der Waals surface area contributed by atoms with E-state index in [0.29, 0.717) is 13.0 Å². The van der Waals surface area contributed by atoms with E-state index in [0.717, 1.165) is 6.07 Å². The summed E-state index contributed by atoms with van der Waals surface area (Å²) in [6.07, 6.45) is -3.82. The molecule has 1 rings (SSSR count). The molecule has 1 aromatic rings. The van der Waals surface area contributed by atoms with Crippen LogP contribution in [0.25, 0.3) is 0 Å². The molecular formula is C11H15F3N2O. The second-order valence-electron chi connectivity index (χ2n) is 3.90. The minimum atomic E-state index is -4.42. The van der Waals surface area contributed by atoms with Gasteiger partial charge in [-0.2, -0.15) is 13.2 Å². The number of pyridine rings is 1. The Kier molecular flexibility index (Phi) is 4.74. The molecule has 2 N–H and O–H groups in total. The lowest BCUT2D eigenvalue weighted by molar-refractivity contribution is -0.141. The number of rotatable bonds is 5. The standard InChI is InChI=1S/C11H15F3N2O/c1-8(5-6-17)7-15-10-4-2-3-9(16-10)11(12,13)14/h2-4,8,17H,5-7H2,1H3,(H,15,16). The van der Waals surface area contributed by atoms with Crippen LogP contribution in [-0.4, -0.2) is 23.2 Å². The molecule has 0 amide bonds. The van der Waals surface area contributed by atoms with Crippen molar-refractivity contribution in [2.45, 2.75) is 19.5 Å². The zero-order valence-corrected chi connectivity index (χ0v) is 9.46. The van der Waals surface area contributed by atoms with E-state index in [4.69, 9.17) is 5.11 Å². The van der Waals surface area contributed by atoms with Gasteiger partial charge in [0.25, 0.3) is 0 Å². The van der Waals surface area contributed by atoms with Crippen molar-refractivity contribution in [3.63, 3.8) is 0 Å². The Morgan fingerprint density at radius 2 is 2.12 bits per heavy atom. The maximum absolute atomic E-state index is 12.4. The molecule has 1 atom stereocenters. The first-order valence-electron chi connectivity index (χ1n) is 5.32. The summed E-state index contributed by atoms with van der Waals surface area (Å²) in [4.78, 5) is 3.48. The van der Waals surface area contributed by atoms with E-state index in [-0.39, 0.29) is 18.3 Å². The summed E-state index contributed by atoms with van der Waals surface area (Å²) in [6, 6.07) is 3.73. The van der Waals surface area contributed by atoms with Crippen LogP contribution in [0.4, 0.5) is 19.0 Å². The highest BCUT2D eigenvalue weighted by Gasteiger charge is 2.32. The summed E-state index contributed by atoms with van der Waals surface area (Å²) in [5.41, 5.74) is -0.905. The Balaban J connectivity index is 2.60. The lowest BCUT2D eigenvalue weighted by Gasteiger charge is -2.13. The lowest BCUT2D eigenvalue weighted by Crippen LogP contribution is -2.15. The fourth-order valence-corrected chi connectivity index (χ4v) is 1.29. The Labute approximate surface area is 97.7 Å². The molecule has 0 saturated carbocycles. The van der Waals surface area contributed by atoms with E-state index < -0.39 is 11.9 Å². The number of nitrogens with zero attached hydrogens (tertiary/aromatic N) is 1. The highest BCUT2D eigenvalue weighted by atomic mass is 19.4. The topological polar surface area (TPSA) is 45.1 Å². The molecule has 1 unspecified atom stereocenters. The zero-order valence-electron chi connectivity index (χ0n) is 9.46. The number of hydrogen-bond acceptors (Lipinski definition) is 3. The lowest BCUT2D eigenvalue weighted by atomic mass is 10.1. The Hall–Kier alpha value is -1.30. The predicted octanol–water partition coefficient (Wildman–Crippen LogP) is 2.53. The number of nitrogens with one attached hydrogen (secondary N) is 1. The summed E-state index contributed by atoms with van der Waals surface area (Å²) in [5, 5.41) is 11.5. The van der Waals surface area contributed by atoms with Crippen LogP contribution >= 0.6 is 0 Å². The molecule has 0 saturated heterocycles. The molecule has 0 spiro atoms. The largest absolute Gasteiger partial charge is 0.433 e. The van der Waals surface area contributed by atoms with Crippen molar-refractivity contribution in [1.82, 2.24) is 4.98 Å². The van der Waals surface area contributed by atoms with E-state index in [9.17, 15) is 13.2 Å². The molecule has 1 aromatic heterocycles. The number of anilines is 1. The van der Waals surface area contributed by atoms with Gasteiger partial charge in [0, 0.05) is 13.2 Å². The van der Waals surface area contributed by atoms with Crippen LogP contribution in [0.2, 0.25) is 0 Å². The fraction of sp³-hybridized carbons (Fsp3) is 0.545. The molecule has 0 aliphatic rings. The molecule has 0 radical (unpaired) electrons. The molecule has 0 bridgehead atoms. The number of halogens is 3. The van der Waals surface area contributed by atoms with Crippen molar-refractivity contribution in [1.29, 1.82) is 0 Å². The smallest absolute Gasteiger partial charge is 0.396 e. The van der Waals surface area contributed by atoms with Crippen molar-refractivity contribution < 1.29 is 18.3 Å². The maximum atomic E-state index is 12.4. The van der Waals surface area contributed by atoms with Gasteiger partial charge in [0.2, 0.25) is 0 Å². The van der Waals surface area contributed by atoms with E-state index in [1.165, 1.54) is 12.1 Å². The third-order valence-electron chi connectivity index (χ3n) is 2.29. The summed E-state index contributed by atoms with van der Waals surface area (Å²) in [5.74, 6) is 0.376. The summed E-state index contributed by atoms with van der Waals surface area (Å²) < 4.78 is 37.1. The van der Waals surface area contributed by atoms with Crippen LogP contribution in [0.5, 0.6) is 0 Å². The number of aromatic nitrogens is 1. The molecule has 96 valence electrons. The summed E-state index contributed by atoms with van der Waals surface area (Å²) in [7, 11) is 0. The van der Waals surface area contributed by atoms with Gasteiger partial charge in [-0.3, -0.25) is 0 Å². The number of alkyl halides is 3. The average Bonchev–Trinajstić information content (AvgIpc) is 2.26. The third kappa shape index (κ3) is 4.60. The highest BCUT2D eigenvalue weighted by Crippen LogP contribution is 2.28. The Bertz CT molecular complexity index is 355. The normalized spacial score (nSPS) is 13.5. The van der Waals surface area contributed by atoms with Crippen LogP contribution in [0.1, 0.15) is 19.0 Å². The summed E-state index contributed by atoms with van der Waals surface area (Å²) in [6.45, 7) is 2.45. The van der Waals surface area contributed by atoms with Gasteiger partial charge >= 0.3 is 6.18 Å². The van der Waals surface area contributed by atoms with Gasteiger partial charge in [-0.15, -0.1) is 0 Å². The van der Waals surface area contributed by atoms with E-state index in [1.807, 2.05) is 6.92 Å². The molecule has 3 nitrogen and oxygen atoms in total. The molecule has 0 aromatic carbocycles. The number of aliphatic hydroxyl groups is 1. The number of hydrogen-bond donors (Lipinski definition) is 2. The van der Waals surface area contributed by atoms with Crippen LogP contribution in [-0.2, 0) is 6.18 Å². The second kappa shape index (κ2) is 5.86. The molecule has 0 fully saturated rings. The molecule has 17 heavy (non-hydrogen) atoms. The van der Waals surface area contributed by atoms with Gasteiger partial charge < -0.3 is 10.4 Å². The van der Waals surface area contributed by atoms with Crippen molar-refractivity contribution in [3.8, 4) is 0 Å². The average molecular weight is 248 g/mol. The van der Waals surface area contributed by atoms with Crippen molar-refractivity contribution >= 4 is 5.82 Å². The van der Waals surface area contributed by atoms with Crippen LogP contribution in [0.15, 0.2) is 18.2 Å². The molecule has 1 heterocycles. The highest BCUT2D eigenvalue weighted by molar-refractivity contribution is 5.35. The van der Waals surface area contributed by atoms with Crippen molar-refractivity contribution in [2.24, 2.45) is 5.92 Å². The molecule has 6 heteroatoms. The number of aliphatic hydroxyl groups excluding tert-OH is 1. The zero-order chi connectivity index (χ0) is 12.9. The van der Waals surface area contributed by atoms with E-state index in [2.05, 4.69) is 10.3 Å². The van der Waals surface area contributed by atoms with E-state index >= 15 is 0 Å². The quantitative estimate of drug-likeness (QED) is 0.841. The van der Waals surface area contributed by atoms with Gasteiger partial charge in [0.05, 0.1) is 0 Å². The third-order valence-corrected chi connectivity index (χ3v) is 2.29. The van der Waals surface area contributed by atoms with Gasteiger partial charge in [-0.1, -0.05) is 13.0 Å². The first kappa shape index (κ1) is 13.8. The Morgan fingerprint density at radius 3 is 2.71 bits per heavy atom. The van der Waals surface area contributed by atoms with Gasteiger partial charge in [0.15, 0.2) is 0 Å². The molecule has 0 aliphatic heterocycles. The van der Waals surface area contributed by atoms with Crippen LogP contribution in [0, 0.1) is 5.92 Å². The summed E-state index contributed by atoms with van der Waals surface area (Å²) >= 11 is 0. The van der Waals surface area contributed by atoms with Crippen LogP contribution in [0.3, 0.4) is 0 Å². The fourth-order valence-electron chi connectivity index (χ4n) is 1.29. The second-order valence-corrected chi connectivity index (χ2v) is 3.90. The van der Waals surface area contributed by atoms with Crippen molar-refractivity contribution in [3.05, 3.63) is 23.9 Å². The van der Waals surface area contributed by atoms with Crippen LogP contribution < -0.4 is 5.32 Å².